The Kier molecular flexibility index (Phi) is 11.5. The van der Waals surface area contributed by atoms with Gasteiger partial charge in [-0.3, -0.25) is 9.59 Å². The molecule has 0 N–H and O–H groups in total. The average Bonchev–Trinajstić information content (AvgIpc) is 3.07. The Morgan fingerprint density at radius 2 is 1.83 bits per heavy atom. The summed E-state index contributed by atoms with van der Waals surface area (Å²) in [7, 11) is -3.17. The third-order valence-corrected chi connectivity index (χ3v) is 8.96. The van der Waals surface area contributed by atoms with Crippen LogP contribution in [0.5, 0.6) is 0 Å². The predicted molar refractivity (Wildman–Crippen MR) is 128 cm³/mol. The van der Waals surface area contributed by atoms with E-state index in [4.69, 9.17) is 9.47 Å². The summed E-state index contributed by atoms with van der Waals surface area (Å²) < 4.78 is 44.9. The van der Waals surface area contributed by atoms with Crippen LogP contribution >= 0.6 is 0 Å². The molecule has 35 heavy (non-hydrogen) atoms. The van der Waals surface area contributed by atoms with Gasteiger partial charge in [-0.1, -0.05) is 52.7 Å². The van der Waals surface area contributed by atoms with Crippen LogP contribution in [-0.4, -0.2) is 38.6 Å². The van der Waals surface area contributed by atoms with Crippen molar-refractivity contribution in [3.63, 3.8) is 0 Å². The van der Waals surface area contributed by atoms with Crippen LogP contribution in [0.1, 0.15) is 91.0 Å². The van der Waals surface area contributed by atoms with Crippen LogP contribution in [0.25, 0.3) is 0 Å². The maximum atomic E-state index is 13.6. The third-order valence-electron chi connectivity index (χ3n) is 8.11. The van der Waals surface area contributed by atoms with Gasteiger partial charge >= 0.3 is 41.5 Å². The monoisotopic (exact) mass is 518 g/mol. The Labute approximate surface area is 232 Å². The minimum Gasteiger partial charge on any atom is -0.744 e. The number of hydrogen-bond donors (Lipinski definition) is 0. The molecule has 1 heterocycles. The van der Waals surface area contributed by atoms with E-state index >= 15 is 0 Å². The average molecular weight is 519 g/mol. The second-order valence-corrected chi connectivity index (χ2v) is 11.5. The number of carbonyl (C=O) groups excluding carboxylic acids is 2. The molecular weight excluding hydrogens is 479 g/mol. The molecule has 0 aliphatic carbocycles. The first-order valence-electron chi connectivity index (χ1n) is 12.2. The summed E-state index contributed by atoms with van der Waals surface area (Å²) in [6, 6.07) is 5.87. The summed E-state index contributed by atoms with van der Waals surface area (Å²) in [5.74, 6) is -0.757. The number of carbonyl (C=O) groups is 2. The van der Waals surface area contributed by atoms with Gasteiger partial charge < -0.3 is 14.0 Å². The Bertz CT molecular complexity index is 978. The van der Waals surface area contributed by atoms with Crippen molar-refractivity contribution in [2.75, 3.05) is 13.7 Å². The SMILES string of the molecule is CCCCC1(CC)COC(=O)C1(CC(C)c1ccc(S(=O)(=O)[O-])cc1)CC(C)(CC)C(=O)OC.[Na+]. The van der Waals surface area contributed by atoms with E-state index in [-0.39, 0.29) is 52.3 Å². The van der Waals surface area contributed by atoms with Crippen LogP contribution in [0.2, 0.25) is 0 Å². The molecule has 0 aromatic heterocycles. The quantitative estimate of drug-likeness (QED) is 0.237. The number of methoxy groups -OCH3 is 1. The largest absolute Gasteiger partial charge is 1.00 e. The molecule has 0 saturated carbocycles. The van der Waals surface area contributed by atoms with Gasteiger partial charge in [-0.15, -0.1) is 0 Å². The number of benzene rings is 1. The molecule has 1 saturated heterocycles. The van der Waals surface area contributed by atoms with E-state index in [9.17, 15) is 22.6 Å². The van der Waals surface area contributed by atoms with Gasteiger partial charge in [-0.05, 0) is 62.6 Å². The van der Waals surface area contributed by atoms with Crippen LogP contribution in [0, 0.1) is 16.2 Å². The van der Waals surface area contributed by atoms with Crippen LogP contribution in [0.4, 0.5) is 0 Å². The number of esters is 2. The van der Waals surface area contributed by atoms with Gasteiger partial charge in [-0.2, -0.15) is 0 Å². The van der Waals surface area contributed by atoms with Crippen molar-refractivity contribution in [3.05, 3.63) is 29.8 Å². The van der Waals surface area contributed by atoms with Gasteiger partial charge in [0.15, 0.2) is 0 Å². The summed E-state index contributed by atoms with van der Waals surface area (Å²) in [6.45, 7) is 10.3. The molecule has 0 amide bonds. The zero-order valence-electron chi connectivity index (χ0n) is 22.3. The first kappa shape index (κ1) is 32.1. The molecule has 0 bridgehead atoms. The summed E-state index contributed by atoms with van der Waals surface area (Å²) in [4.78, 5) is 26.2. The fourth-order valence-electron chi connectivity index (χ4n) is 5.63. The molecule has 2 rings (SSSR count). The van der Waals surface area contributed by atoms with Crippen molar-refractivity contribution in [2.24, 2.45) is 16.2 Å². The van der Waals surface area contributed by atoms with Gasteiger partial charge in [0, 0.05) is 5.41 Å². The number of unbranched alkanes of at least 4 members (excludes halogenated alkanes) is 1. The summed E-state index contributed by atoms with van der Waals surface area (Å²) >= 11 is 0. The van der Waals surface area contributed by atoms with Gasteiger partial charge in [0.25, 0.3) is 0 Å². The van der Waals surface area contributed by atoms with Crippen molar-refractivity contribution in [3.8, 4) is 0 Å². The molecule has 192 valence electrons. The van der Waals surface area contributed by atoms with E-state index in [2.05, 4.69) is 13.8 Å². The van der Waals surface area contributed by atoms with Crippen LogP contribution in [0.15, 0.2) is 29.2 Å². The van der Waals surface area contributed by atoms with Crippen LogP contribution in [0.3, 0.4) is 0 Å². The number of hydrogen-bond acceptors (Lipinski definition) is 7. The van der Waals surface area contributed by atoms with E-state index in [0.29, 0.717) is 25.9 Å². The predicted octanol–water partition coefficient (Wildman–Crippen LogP) is 2.20. The number of cyclic esters (lactones) is 1. The van der Waals surface area contributed by atoms with Crippen molar-refractivity contribution in [2.45, 2.75) is 90.4 Å². The molecule has 1 aromatic carbocycles. The summed E-state index contributed by atoms with van der Waals surface area (Å²) in [5, 5.41) is 0. The van der Waals surface area contributed by atoms with Crippen molar-refractivity contribution >= 4 is 22.1 Å². The van der Waals surface area contributed by atoms with E-state index in [0.717, 1.165) is 31.2 Å². The number of ether oxygens (including phenoxy) is 2. The molecule has 4 atom stereocenters. The van der Waals surface area contributed by atoms with E-state index in [1.165, 1.54) is 19.2 Å². The van der Waals surface area contributed by atoms with Gasteiger partial charge in [-0.25, -0.2) is 8.42 Å². The second kappa shape index (κ2) is 12.5. The van der Waals surface area contributed by atoms with E-state index in [1.54, 1.807) is 12.1 Å². The first-order valence-corrected chi connectivity index (χ1v) is 13.6. The molecule has 1 aliphatic heterocycles. The Balaban J connectivity index is 0.00000612. The minimum atomic E-state index is -4.54. The Morgan fingerprint density at radius 3 is 2.29 bits per heavy atom. The smallest absolute Gasteiger partial charge is 0.744 e. The number of rotatable bonds is 12. The third kappa shape index (κ3) is 6.50. The van der Waals surface area contributed by atoms with Crippen molar-refractivity contribution < 1.29 is 61.6 Å². The van der Waals surface area contributed by atoms with Crippen molar-refractivity contribution in [1.82, 2.24) is 0 Å². The maximum absolute atomic E-state index is 13.6. The van der Waals surface area contributed by atoms with Gasteiger partial charge in [0.05, 0.1) is 29.4 Å². The summed E-state index contributed by atoms with van der Waals surface area (Å²) in [5.41, 5.74) is -1.36. The minimum absolute atomic E-state index is 0. The fourth-order valence-corrected chi connectivity index (χ4v) is 6.10. The normalized spacial score (nSPS) is 24.7. The molecule has 9 heteroatoms. The molecular formula is C26H39NaO7S. The molecule has 1 fully saturated rings. The fraction of sp³-hybridized carbons (Fsp3) is 0.692. The van der Waals surface area contributed by atoms with Crippen LogP contribution in [-0.2, 0) is 29.2 Å². The zero-order valence-corrected chi connectivity index (χ0v) is 25.1. The Morgan fingerprint density at radius 1 is 1.23 bits per heavy atom. The van der Waals surface area contributed by atoms with Gasteiger partial charge in [0.2, 0.25) is 0 Å². The first-order chi connectivity index (χ1) is 15.8. The van der Waals surface area contributed by atoms with E-state index < -0.39 is 26.4 Å². The topological polar surface area (TPSA) is 110 Å². The summed E-state index contributed by atoms with van der Waals surface area (Å²) in [6.07, 6.45) is 4.75. The zero-order chi connectivity index (χ0) is 25.8. The molecule has 1 aromatic rings. The van der Waals surface area contributed by atoms with Crippen LogP contribution < -0.4 is 29.6 Å². The molecule has 7 nitrogen and oxygen atoms in total. The standard InChI is InChI=1S/C26H40O7S.Na/c1-7-10-15-25(9-3)18-33-23(28)26(25,17-24(5,8-2)22(27)32-6)16-19(4)20-11-13-21(14-12-20)34(29,30)31;/h11-14,19H,7-10,15-18H2,1-6H3,(H,29,30,31);/q;+1/p-1. The molecule has 1 aliphatic rings. The Hall–Kier alpha value is -0.930. The van der Waals surface area contributed by atoms with E-state index in [1.807, 2.05) is 20.8 Å². The molecule has 0 spiro atoms. The molecule has 0 radical (unpaired) electrons. The van der Waals surface area contributed by atoms with Gasteiger partial charge in [0.1, 0.15) is 10.1 Å². The maximum Gasteiger partial charge on any atom is 1.00 e. The molecule has 4 unspecified atom stereocenters. The second-order valence-electron chi connectivity index (χ2n) is 10.1. The van der Waals surface area contributed by atoms with Crippen molar-refractivity contribution in [1.29, 1.82) is 0 Å².